The number of nitrogens with zero attached hydrogens (tertiary/aromatic N) is 3. The number of alkyl halides is 3. The Hall–Kier alpha value is -4.91. The molecule has 0 aliphatic carbocycles. The lowest BCUT2D eigenvalue weighted by Crippen LogP contribution is -2.20. The molecule has 0 bridgehead atoms. The fourth-order valence-corrected chi connectivity index (χ4v) is 3.27. The van der Waals surface area contributed by atoms with Crippen molar-refractivity contribution < 1.29 is 22.7 Å². The molecule has 0 radical (unpaired) electrons. The lowest BCUT2D eigenvalue weighted by atomic mass is 10.1. The number of ether oxygens (including phenoxy) is 1. The summed E-state index contributed by atoms with van der Waals surface area (Å²) in [7, 11) is 0. The van der Waals surface area contributed by atoms with Gasteiger partial charge in [0.15, 0.2) is 0 Å². The normalized spacial score (nSPS) is 11.7. The first-order valence-corrected chi connectivity index (χ1v) is 10.5. The molecule has 0 saturated heterocycles. The number of aromatic nitrogens is 2. The van der Waals surface area contributed by atoms with Gasteiger partial charge in [-0.1, -0.05) is 29.8 Å². The first-order valence-electron chi connectivity index (χ1n) is 10.5. The summed E-state index contributed by atoms with van der Waals surface area (Å²) in [5.74, 6) is -0.778. The third-order valence-electron chi connectivity index (χ3n) is 5.07. The second-order valence-corrected chi connectivity index (χ2v) is 7.68. The largest absolute Gasteiger partial charge is 0.438 e. The van der Waals surface area contributed by atoms with Gasteiger partial charge < -0.3 is 10.1 Å². The van der Waals surface area contributed by atoms with Crippen LogP contribution in [0.15, 0.2) is 83.3 Å². The van der Waals surface area contributed by atoms with Crippen molar-refractivity contribution in [2.75, 3.05) is 5.32 Å². The van der Waals surface area contributed by atoms with E-state index < -0.39 is 28.8 Å². The summed E-state index contributed by atoms with van der Waals surface area (Å²) in [5, 5.41) is 11.9. The molecule has 4 rings (SSSR count). The van der Waals surface area contributed by atoms with E-state index in [-0.39, 0.29) is 22.8 Å². The van der Waals surface area contributed by atoms with Crippen molar-refractivity contribution in [1.29, 1.82) is 5.26 Å². The van der Waals surface area contributed by atoms with Gasteiger partial charge in [-0.2, -0.15) is 23.4 Å². The molecule has 2 aromatic carbocycles. The van der Waals surface area contributed by atoms with Crippen LogP contribution in [0.25, 0.3) is 11.7 Å². The first kappa shape index (κ1) is 24.2. The molecular weight excluding hydrogens is 473 g/mol. The molecule has 2 heterocycles. The predicted molar refractivity (Wildman–Crippen MR) is 126 cm³/mol. The van der Waals surface area contributed by atoms with Crippen molar-refractivity contribution in [3.8, 4) is 17.7 Å². The topological polar surface area (TPSA) is 96.5 Å². The molecule has 2 aromatic heterocycles. The molecule has 0 saturated carbocycles. The second-order valence-electron chi connectivity index (χ2n) is 7.68. The van der Waals surface area contributed by atoms with Crippen LogP contribution >= 0.6 is 0 Å². The van der Waals surface area contributed by atoms with E-state index in [9.17, 15) is 28.0 Å². The van der Waals surface area contributed by atoms with Crippen LogP contribution < -0.4 is 15.6 Å². The maximum absolute atomic E-state index is 13.2. The van der Waals surface area contributed by atoms with Crippen LogP contribution in [0.3, 0.4) is 0 Å². The Kier molecular flexibility index (Phi) is 6.56. The monoisotopic (exact) mass is 490 g/mol. The third kappa shape index (κ3) is 5.26. The zero-order chi connectivity index (χ0) is 25.9. The zero-order valence-corrected chi connectivity index (χ0v) is 18.7. The van der Waals surface area contributed by atoms with Gasteiger partial charge in [0.1, 0.15) is 28.6 Å². The molecule has 4 aromatic rings. The fourth-order valence-electron chi connectivity index (χ4n) is 3.27. The SMILES string of the molecule is Cc1ccc(Oc2nc3ccccn3c(=O)c2/C=C(/C#N)C(=O)Nc2cccc(C(F)(F)F)c2)cc1. The van der Waals surface area contributed by atoms with E-state index in [1.165, 1.54) is 16.7 Å². The zero-order valence-electron chi connectivity index (χ0n) is 18.7. The van der Waals surface area contributed by atoms with Gasteiger partial charge in [-0.3, -0.25) is 14.0 Å². The number of carbonyl (C=O) groups excluding carboxylic acids is 1. The highest BCUT2D eigenvalue weighted by atomic mass is 19.4. The van der Waals surface area contributed by atoms with Crippen molar-refractivity contribution in [2.24, 2.45) is 0 Å². The first-order chi connectivity index (χ1) is 17.2. The Balaban J connectivity index is 1.76. The number of nitriles is 1. The van der Waals surface area contributed by atoms with Gasteiger partial charge in [-0.25, -0.2) is 0 Å². The summed E-state index contributed by atoms with van der Waals surface area (Å²) in [6, 6.07) is 17.5. The molecule has 0 aliphatic rings. The Morgan fingerprint density at radius 3 is 2.56 bits per heavy atom. The molecule has 0 atom stereocenters. The molecule has 0 fully saturated rings. The number of fused-ring (bicyclic) bond motifs is 1. The molecule has 0 spiro atoms. The second kappa shape index (κ2) is 9.76. The minimum Gasteiger partial charge on any atom is -0.438 e. The van der Waals surface area contributed by atoms with Gasteiger partial charge in [-0.05, 0) is 55.5 Å². The van der Waals surface area contributed by atoms with Crippen molar-refractivity contribution in [2.45, 2.75) is 13.1 Å². The van der Waals surface area contributed by atoms with Gasteiger partial charge in [-0.15, -0.1) is 0 Å². The van der Waals surface area contributed by atoms with E-state index in [0.717, 1.165) is 29.8 Å². The summed E-state index contributed by atoms with van der Waals surface area (Å²) in [6.07, 6.45) is -2.14. The number of aryl methyl sites for hydroxylation is 1. The minimum absolute atomic E-state index is 0.144. The number of benzene rings is 2. The molecule has 0 unspecified atom stereocenters. The number of nitrogens with one attached hydrogen (secondary N) is 1. The Bertz CT molecular complexity index is 1580. The van der Waals surface area contributed by atoms with Gasteiger partial charge >= 0.3 is 6.18 Å². The van der Waals surface area contributed by atoms with Crippen molar-refractivity contribution in [3.05, 3.63) is 106 Å². The molecule has 10 heteroatoms. The lowest BCUT2D eigenvalue weighted by molar-refractivity contribution is -0.137. The number of halogens is 3. The van der Waals surface area contributed by atoms with E-state index in [1.807, 2.05) is 6.92 Å². The van der Waals surface area contributed by atoms with Crippen LogP contribution in [0, 0.1) is 18.3 Å². The molecule has 36 heavy (non-hydrogen) atoms. The van der Waals surface area contributed by atoms with Crippen LogP contribution in [0.2, 0.25) is 0 Å². The van der Waals surface area contributed by atoms with Crippen LogP contribution in [0.1, 0.15) is 16.7 Å². The van der Waals surface area contributed by atoms with Crippen molar-refractivity contribution in [1.82, 2.24) is 9.38 Å². The van der Waals surface area contributed by atoms with E-state index in [2.05, 4.69) is 10.3 Å². The summed E-state index contributed by atoms with van der Waals surface area (Å²) in [6.45, 7) is 1.89. The summed E-state index contributed by atoms with van der Waals surface area (Å²) in [5.41, 5.74) is -1.21. The van der Waals surface area contributed by atoms with Gasteiger partial charge in [0, 0.05) is 11.9 Å². The number of rotatable bonds is 5. The highest BCUT2D eigenvalue weighted by molar-refractivity contribution is 6.09. The summed E-state index contributed by atoms with van der Waals surface area (Å²) in [4.78, 5) is 30.3. The van der Waals surface area contributed by atoms with Crippen LogP contribution in [-0.4, -0.2) is 15.3 Å². The summed E-state index contributed by atoms with van der Waals surface area (Å²) < 4.78 is 46.0. The molecule has 180 valence electrons. The number of anilines is 1. The van der Waals surface area contributed by atoms with Gasteiger partial charge in [0.05, 0.1) is 5.56 Å². The summed E-state index contributed by atoms with van der Waals surface area (Å²) >= 11 is 0. The smallest absolute Gasteiger partial charge is 0.416 e. The fraction of sp³-hybridized carbons (Fsp3) is 0.0769. The highest BCUT2D eigenvalue weighted by Crippen LogP contribution is 2.31. The third-order valence-corrected chi connectivity index (χ3v) is 5.07. The molecular formula is C26H17F3N4O3. The maximum Gasteiger partial charge on any atom is 0.416 e. The lowest BCUT2D eigenvalue weighted by Gasteiger charge is -2.11. The number of pyridine rings is 1. The van der Waals surface area contributed by atoms with Crippen molar-refractivity contribution in [3.63, 3.8) is 0 Å². The standard InChI is InChI=1S/C26H17F3N4O3/c1-16-8-10-20(11-9-16)36-24-21(25(35)33-12-3-2-7-22(33)32-24)13-17(15-30)23(34)31-19-6-4-5-18(14-19)26(27,28)29/h2-14H,1H3,(H,31,34)/b17-13-. The molecule has 7 nitrogen and oxygen atoms in total. The minimum atomic E-state index is -4.61. The predicted octanol–water partition coefficient (Wildman–Crippen LogP) is 5.36. The number of carbonyl (C=O) groups is 1. The molecule has 0 aliphatic heterocycles. The Morgan fingerprint density at radius 2 is 1.86 bits per heavy atom. The van der Waals surface area contributed by atoms with Crippen molar-refractivity contribution >= 4 is 23.3 Å². The van der Waals surface area contributed by atoms with E-state index >= 15 is 0 Å². The van der Waals surface area contributed by atoms with E-state index in [1.54, 1.807) is 48.5 Å². The number of amides is 1. The maximum atomic E-state index is 13.2. The number of hydrogen-bond acceptors (Lipinski definition) is 5. The van der Waals surface area contributed by atoms with Gasteiger partial charge in [0.25, 0.3) is 11.5 Å². The molecule has 1 amide bonds. The quantitative estimate of drug-likeness (QED) is 0.300. The van der Waals surface area contributed by atoms with E-state index in [0.29, 0.717) is 5.75 Å². The van der Waals surface area contributed by atoms with Crippen LogP contribution in [-0.2, 0) is 11.0 Å². The van der Waals surface area contributed by atoms with Gasteiger partial charge in [0.2, 0.25) is 5.88 Å². The Labute approximate surface area is 202 Å². The average molecular weight is 490 g/mol. The Morgan fingerprint density at radius 1 is 1.11 bits per heavy atom. The highest BCUT2D eigenvalue weighted by Gasteiger charge is 2.30. The van der Waals surface area contributed by atoms with Crippen LogP contribution in [0.4, 0.5) is 18.9 Å². The van der Waals surface area contributed by atoms with Crippen LogP contribution in [0.5, 0.6) is 11.6 Å². The average Bonchev–Trinajstić information content (AvgIpc) is 2.85. The van der Waals surface area contributed by atoms with E-state index in [4.69, 9.17) is 4.74 Å². The number of hydrogen-bond donors (Lipinski definition) is 1. The molecule has 1 N–H and O–H groups in total.